The third-order valence-corrected chi connectivity index (χ3v) is 3.84. The first-order valence-corrected chi connectivity index (χ1v) is 7.58. The topological polar surface area (TPSA) is 51.1 Å². The maximum atomic E-state index is 12.1. The van der Waals surface area contributed by atoms with E-state index in [1.807, 2.05) is 30.5 Å². The largest absolute Gasteiger partial charge is 0.347 e. The van der Waals surface area contributed by atoms with Crippen LogP contribution in [0.1, 0.15) is 23.7 Å². The Balaban J connectivity index is 1.60. The van der Waals surface area contributed by atoms with Crippen LogP contribution in [0.4, 0.5) is 5.69 Å². The zero-order valence-electron chi connectivity index (χ0n) is 13.0. The van der Waals surface area contributed by atoms with Crippen molar-refractivity contribution in [1.29, 1.82) is 0 Å². The number of para-hydroxylation sites is 1. The van der Waals surface area contributed by atoms with Gasteiger partial charge < -0.3 is 9.88 Å². The van der Waals surface area contributed by atoms with Crippen molar-refractivity contribution < 1.29 is 9.59 Å². The molecule has 1 amide bonds. The first-order valence-electron chi connectivity index (χ1n) is 7.58. The van der Waals surface area contributed by atoms with Crippen molar-refractivity contribution in [2.45, 2.75) is 19.9 Å². The van der Waals surface area contributed by atoms with Gasteiger partial charge >= 0.3 is 0 Å². The van der Waals surface area contributed by atoms with E-state index in [1.54, 1.807) is 24.3 Å². The standard InChI is InChI=1S/C19H18N2O2/c1-14(22)15-6-8-17(9-7-15)20-19(23)11-13-21-12-10-16-4-2-3-5-18(16)21/h2-10,12H,11,13H2,1H3,(H,20,23). The predicted octanol–water partition coefficient (Wildman–Crippen LogP) is 3.87. The summed E-state index contributed by atoms with van der Waals surface area (Å²) >= 11 is 0. The van der Waals surface area contributed by atoms with Crippen molar-refractivity contribution in [2.24, 2.45) is 0 Å². The molecule has 116 valence electrons. The van der Waals surface area contributed by atoms with Crippen LogP contribution in [0.3, 0.4) is 0 Å². The number of nitrogens with zero attached hydrogens (tertiary/aromatic N) is 1. The lowest BCUT2D eigenvalue weighted by Crippen LogP contribution is -2.14. The van der Waals surface area contributed by atoms with E-state index in [0.29, 0.717) is 24.2 Å². The fourth-order valence-corrected chi connectivity index (χ4v) is 2.57. The van der Waals surface area contributed by atoms with Crippen molar-refractivity contribution in [1.82, 2.24) is 4.57 Å². The van der Waals surface area contributed by atoms with E-state index in [9.17, 15) is 9.59 Å². The molecule has 3 rings (SSSR count). The lowest BCUT2D eigenvalue weighted by atomic mass is 10.1. The van der Waals surface area contributed by atoms with E-state index in [0.717, 1.165) is 5.52 Å². The highest BCUT2D eigenvalue weighted by atomic mass is 16.1. The number of amides is 1. The number of aromatic nitrogens is 1. The van der Waals surface area contributed by atoms with Crippen LogP contribution in [0.15, 0.2) is 60.8 Å². The summed E-state index contributed by atoms with van der Waals surface area (Å²) in [4.78, 5) is 23.3. The van der Waals surface area contributed by atoms with Crippen molar-refractivity contribution in [2.75, 3.05) is 5.32 Å². The molecule has 0 aliphatic carbocycles. The third kappa shape index (κ3) is 3.48. The zero-order chi connectivity index (χ0) is 16.2. The highest BCUT2D eigenvalue weighted by Crippen LogP contribution is 2.16. The van der Waals surface area contributed by atoms with Crippen LogP contribution in [0.2, 0.25) is 0 Å². The number of fused-ring (bicyclic) bond motifs is 1. The highest BCUT2D eigenvalue weighted by molar-refractivity contribution is 5.95. The number of aryl methyl sites for hydroxylation is 1. The molecule has 4 nitrogen and oxygen atoms in total. The fourth-order valence-electron chi connectivity index (χ4n) is 2.57. The molecule has 4 heteroatoms. The molecule has 0 atom stereocenters. The molecule has 1 heterocycles. The molecule has 0 bridgehead atoms. The Bertz CT molecular complexity index is 847. The maximum Gasteiger partial charge on any atom is 0.226 e. The second-order valence-corrected chi connectivity index (χ2v) is 5.50. The van der Waals surface area contributed by atoms with E-state index in [2.05, 4.69) is 16.0 Å². The number of hydrogen-bond acceptors (Lipinski definition) is 2. The summed E-state index contributed by atoms with van der Waals surface area (Å²) in [5.41, 5.74) is 2.48. The van der Waals surface area contributed by atoms with E-state index < -0.39 is 0 Å². The zero-order valence-corrected chi connectivity index (χ0v) is 13.0. The third-order valence-electron chi connectivity index (χ3n) is 3.84. The summed E-state index contributed by atoms with van der Waals surface area (Å²) in [6.07, 6.45) is 2.40. The number of rotatable bonds is 5. The van der Waals surface area contributed by atoms with E-state index >= 15 is 0 Å². The van der Waals surface area contributed by atoms with Gasteiger partial charge in [-0.1, -0.05) is 18.2 Å². The maximum absolute atomic E-state index is 12.1. The second-order valence-electron chi connectivity index (χ2n) is 5.50. The Hall–Kier alpha value is -2.88. The number of anilines is 1. The molecular weight excluding hydrogens is 288 g/mol. The summed E-state index contributed by atoms with van der Waals surface area (Å²) in [5, 5.41) is 4.03. The van der Waals surface area contributed by atoms with Gasteiger partial charge in [-0.2, -0.15) is 0 Å². The first kappa shape index (κ1) is 15.0. The molecule has 0 fully saturated rings. The average Bonchev–Trinajstić information content (AvgIpc) is 2.97. The molecule has 0 saturated carbocycles. The molecule has 0 aliphatic heterocycles. The van der Waals surface area contributed by atoms with Crippen molar-refractivity contribution >= 4 is 28.3 Å². The molecule has 23 heavy (non-hydrogen) atoms. The number of nitrogens with one attached hydrogen (secondary N) is 1. The van der Waals surface area contributed by atoms with E-state index in [-0.39, 0.29) is 11.7 Å². The molecular formula is C19H18N2O2. The SMILES string of the molecule is CC(=O)c1ccc(NC(=O)CCn2ccc3ccccc32)cc1. The molecule has 0 saturated heterocycles. The quantitative estimate of drug-likeness (QED) is 0.727. The molecule has 2 aromatic carbocycles. The molecule has 3 aromatic rings. The summed E-state index contributed by atoms with van der Waals surface area (Å²) in [6, 6.07) is 17.1. The van der Waals surface area contributed by atoms with E-state index in [1.165, 1.54) is 12.3 Å². The minimum atomic E-state index is -0.0432. The molecule has 0 aliphatic rings. The van der Waals surface area contributed by atoms with Crippen LogP contribution in [0.5, 0.6) is 0 Å². The lowest BCUT2D eigenvalue weighted by Gasteiger charge is -2.07. The van der Waals surface area contributed by atoms with Crippen molar-refractivity contribution in [3.05, 3.63) is 66.4 Å². The van der Waals surface area contributed by atoms with Gasteiger partial charge in [0.2, 0.25) is 5.91 Å². The van der Waals surface area contributed by atoms with Crippen LogP contribution < -0.4 is 5.32 Å². The molecule has 1 aromatic heterocycles. The number of ketones is 1. The number of carbonyl (C=O) groups excluding carboxylic acids is 2. The lowest BCUT2D eigenvalue weighted by molar-refractivity contribution is -0.116. The van der Waals surface area contributed by atoms with Gasteiger partial charge in [-0.25, -0.2) is 0 Å². The van der Waals surface area contributed by atoms with Gasteiger partial charge in [0, 0.05) is 35.9 Å². The Morgan fingerprint density at radius 3 is 2.48 bits per heavy atom. The first-order chi connectivity index (χ1) is 11.1. The average molecular weight is 306 g/mol. The highest BCUT2D eigenvalue weighted by Gasteiger charge is 2.06. The van der Waals surface area contributed by atoms with Gasteiger partial charge in [0.05, 0.1) is 0 Å². The number of carbonyl (C=O) groups is 2. The molecule has 0 unspecified atom stereocenters. The number of hydrogen-bond donors (Lipinski definition) is 1. The predicted molar refractivity (Wildman–Crippen MR) is 91.6 cm³/mol. The van der Waals surface area contributed by atoms with Crippen LogP contribution in [0.25, 0.3) is 10.9 Å². The molecule has 1 N–H and O–H groups in total. The van der Waals surface area contributed by atoms with Crippen molar-refractivity contribution in [3.8, 4) is 0 Å². The summed E-state index contributed by atoms with van der Waals surface area (Å²) in [5.74, 6) is -0.0271. The molecule has 0 radical (unpaired) electrons. The molecule has 0 spiro atoms. The van der Waals surface area contributed by atoms with Crippen LogP contribution in [0, 0.1) is 0 Å². The van der Waals surface area contributed by atoms with E-state index in [4.69, 9.17) is 0 Å². The monoisotopic (exact) mass is 306 g/mol. The second kappa shape index (κ2) is 6.48. The Kier molecular flexibility index (Phi) is 4.24. The minimum absolute atomic E-state index is 0.0161. The van der Waals surface area contributed by atoms with Gasteiger partial charge in [-0.3, -0.25) is 9.59 Å². The Morgan fingerprint density at radius 1 is 1.00 bits per heavy atom. The normalized spacial score (nSPS) is 10.7. The van der Waals surface area contributed by atoms with Crippen LogP contribution in [-0.4, -0.2) is 16.3 Å². The summed E-state index contributed by atoms with van der Waals surface area (Å²) in [7, 11) is 0. The summed E-state index contributed by atoms with van der Waals surface area (Å²) < 4.78 is 2.08. The minimum Gasteiger partial charge on any atom is -0.347 e. The van der Waals surface area contributed by atoms with Gasteiger partial charge in [0.15, 0.2) is 5.78 Å². The Morgan fingerprint density at radius 2 is 1.74 bits per heavy atom. The van der Waals surface area contributed by atoms with Gasteiger partial charge in [-0.15, -0.1) is 0 Å². The van der Waals surface area contributed by atoms with Crippen LogP contribution in [-0.2, 0) is 11.3 Å². The Labute approximate surface area is 134 Å². The number of benzene rings is 2. The van der Waals surface area contributed by atoms with Gasteiger partial charge in [-0.05, 0) is 48.7 Å². The van der Waals surface area contributed by atoms with Gasteiger partial charge in [0.1, 0.15) is 0 Å². The van der Waals surface area contributed by atoms with Crippen molar-refractivity contribution in [3.63, 3.8) is 0 Å². The number of Topliss-reactive ketones (excluding diaryl/α,β-unsaturated/α-hetero) is 1. The smallest absolute Gasteiger partial charge is 0.226 e. The van der Waals surface area contributed by atoms with Crippen LogP contribution >= 0.6 is 0 Å². The summed E-state index contributed by atoms with van der Waals surface area (Å²) in [6.45, 7) is 2.15. The fraction of sp³-hybridized carbons (Fsp3) is 0.158. The van der Waals surface area contributed by atoms with Gasteiger partial charge in [0.25, 0.3) is 0 Å².